The van der Waals surface area contributed by atoms with Crippen molar-refractivity contribution < 1.29 is 4.79 Å². The number of nitrogens with one attached hydrogen (secondary N) is 2. The Morgan fingerprint density at radius 1 is 1.60 bits per heavy atom. The summed E-state index contributed by atoms with van der Waals surface area (Å²) in [5, 5.41) is 0. The number of aryl methyl sites for hydroxylation is 1. The lowest BCUT2D eigenvalue weighted by molar-refractivity contribution is -0.119. The van der Waals surface area contributed by atoms with Gasteiger partial charge in [-0.3, -0.25) is 23.9 Å². The van der Waals surface area contributed by atoms with Crippen molar-refractivity contribution in [2.75, 3.05) is 6.26 Å². The Balaban J connectivity index is 2.96. The van der Waals surface area contributed by atoms with E-state index >= 15 is 0 Å². The van der Waals surface area contributed by atoms with Gasteiger partial charge in [0.1, 0.15) is 6.54 Å². The van der Waals surface area contributed by atoms with E-state index in [2.05, 4.69) is 9.71 Å². The summed E-state index contributed by atoms with van der Waals surface area (Å²) in [6, 6.07) is 0. The molecular formula is C8H11N3O3S. The van der Waals surface area contributed by atoms with Gasteiger partial charge in [-0.1, -0.05) is 11.9 Å². The predicted molar refractivity (Wildman–Crippen MR) is 57.7 cm³/mol. The quantitative estimate of drug-likeness (QED) is 0.667. The number of hydrogen-bond acceptors (Lipinski definition) is 4. The van der Waals surface area contributed by atoms with Crippen molar-refractivity contribution in [3.63, 3.8) is 0 Å². The van der Waals surface area contributed by atoms with Crippen molar-refractivity contribution >= 4 is 17.9 Å². The molecule has 1 heterocycles. The number of carbonyl (C=O) groups excluding carboxylic acids is 1. The van der Waals surface area contributed by atoms with Crippen LogP contribution >= 0.6 is 11.9 Å². The molecule has 1 rings (SSSR count). The fraction of sp³-hybridized carbons (Fsp3) is 0.375. The van der Waals surface area contributed by atoms with Crippen LogP contribution in [0.2, 0.25) is 0 Å². The lowest BCUT2D eigenvalue weighted by atomic mass is 10.4. The first-order valence-corrected chi connectivity index (χ1v) is 5.39. The van der Waals surface area contributed by atoms with Gasteiger partial charge in [0, 0.05) is 18.0 Å². The van der Waals surface area contributed by atoms with E-state index in [9.17, 15) is 14.4 Å². The van der Waals surface area contributed by atoms with Gasteiger partial charge in [-0.25, -0.2) is 4.79 Å². The molecule has 0 radical (unpaired) electrons. The van der Waals surface area contributed by atoms with E-state index in [1.54, 1.807) is 13.2 Å². The molecule has 2 N–H and O–H groups in total. The van der Waals surface area contributed by atoms with Crippen LogP contribution in [0, 0.1) is 6.92 Å². The average molecular weight is 229 g/mol. The van der Waals surface area contributed by atoms with Crippen LogP contribution in [-0.2, 0) is 11.3 Å². The Bertz CT molecular complexity index is 477. The highest BCUT2D eigenvalue weighted by Crippen LogP contribution is 1.87. The van der Waals surface area contributed by atoms with E-state index < -0.39 is 11.2 Å². The second-order valence-corrected chi connectivity index (χ2v) is 3.54. The van der Waals surface area contributed by atoms with Gasteiger partial charge in [0.25, 0.3) is 5.56 Å². The molecule has 0 saturated heterocycles. The number of amides is 1. The van der Waals surface area contributed by atoms with Gasteiger partial charge >= 0.3 is 5.69 Å². The minimum Gasteiger partial charge on any atom is -0.299 e. The summed E-state index contributed by atoms with van der Waals surface area (Å²) in [4.78, 5) is 35.6. The van der Waals surface area contributed by atoms with Crippen LogP contribution in [0.3, 0.4) is 0 Å². The van der Waals surface area contributed by atoms with Crippen LogP contribution in [0.25, 0.3) is 0 Å². The molecule has 0 fully saturated rings. The molecule has 1 aromatic rings. The minimum absolute atomic E-state index is 0.0999. The third kappa shape index (κ3) is 2.98. The molecule has 82 valence electrons. The van der Waals surface area contributed by atoms with Gasteiger partial charge in [-0.2, -0.15) is 0 Å². The van der Waals surface area contributed by atoms with E-state index in [0.29, 0.717) is 5.56 Å². The molecule has 0 aliphatic rings. The molecule has 0 spiro atoms. The highest BCUT2D eigenvalue weighted by Gasteiger charge is 2.05. The molecular weight excluding hydrogens is 218 g/mol. The molecule has 0 aliphatic heterocycles. The number of H-pyrrole nitrogens is 1. The number of nitrogens with zero attached hydrogens (tertiary/aromatic N) is 1. The van der Waals surface area contributed by atoms with Gasteiger partial charge in [-0.15, -0.1) is 0 Å². The van der Waals surface area contributed by atoms with Crippen LogP contribution in [0.15, 0.2) is 15.8 Å². The second kappa shape index (κ2) is 4.83. The van der Waals surface area contributed by atoms with E-state index in [4.69, 9.17) is 0 Å². The molecule has 0 aliphatic carbocycles. The Kier molecular flexibility index (Phi) is 3.73. The molecule has 1 aromatic heterocycles. The summed E-state index contributed by atoms with van der Waals surface area (Å²) in [7, 11) is 0. The average Bonchev–Trinajstić information content (AvgIpc) is 2.14. The van der Waals surface area contributed by atoms with Gasteiger partial charge in [-0.05, 0) is 6.92 Å². The first kappa shape index (κ1) is 11.6. The maximum absolute atomic E-state index is 11.3. The van der Waals surface area contributed by atoms with Gasteiger partial charge < -0.3 is 0 Å². The predicted octanol–water partition coefficient (Wildman–Crippen LogP) is -0.761. The summed E-state index contributed by atoms with van der Waals surface area (Å²) in [6.07, 6.45) is 3.07. The lowest BCUT2D eigenvalue weighted by Gasteiger charge is -2.04. The molecule has 7 heteroatoms. The molecule has 0 aromatic carbocycles. The zero-order valence-corrected chi connectivity index (χ0v) is 9.18. The van der Waals surface area contributed by atoms with Crippen molar-refractivity contribution in [3.8, 4) is 0 Å². The molecule has 15 heavy (non-hydrogen) atoms. The largest absolute Gasteiger partial charge is 0.328 e. The third-order valence-electron chi connectivity index (χ3n) is 1.72. The van der Waals surface area contributed by atoms with Crippen molar-refractivity contribution in [2.45, 2.75) is 13.5 Å². The Morgan fingerprint density at radius 2 is 2.27 bits per heavy atom. The monoisotopic (exact) mass is 229 g/mol. The summed E-state index contributed by atoms with van der Waals surface area (Å²) >= 11 is 1.16. The highest BCUT2D eigenvalue weighted by molar-refractivity contribution is 7.97. The van der Waals surface area contributed by atoms with Crippen molar-refractivity contribution in [2.24, 2.45) is 0 Å². The number of hydrogen-bond donors (Lipinski definition) is 2. The highest BCUT2D eigenvalue weighted by atomic mass is 32.2. The molecule has 6 nitrogen and oxygen atoms in total. The Morgan fingerprint density at radius 3 is 2.87 bits per heavy atom. The van der Waals surface area contributed by atoms with E-state index in [0.717, 1.165) is 16.5 Å². The first-order valence-electron chi connectivity index (χ1n) is 4.17. The van der Waals surface area contributed by atoms with Gasteiger partial charge in [0.15, 0.2) is 0 Å². The van der Waals surface area contributed by atoms with Crippen molar-refractivity contribution in [3.05, 3.63) is 32.6 Å². The van der Waals surface area contributed by atoms with E-state index in [-0.39, 0.29) is 12.5 Å². The number of aromatic nitrogens is 2. The third-order valence-corrected chi connectivity index (χ3v) is 2.15. The summed E-state index contributed by atoms with van der Waals surface area (Å²) in [5.74, 6) is -0.295. The van der Waals surface area contributed by atoms with Crippen molar-refractivity contribution in [1.29, 1.82) is 0 Å². The smallest absolute Gasteiger partial charge is 0.299 e. The fourth-order valence-corrected chi connectivity index (χ4v) is 1.33. The van der Waals surface area contributed by atoms with Gasteiger partial charge in [0.2, 0.25) is 5.91 Å². The van der Waals surface area contributed by atoms with Crippen molar-refractivity contribution in [1.82, 2.24) is 14.3 Å². The van der Waals surface area contributed by atoms with Crippen LogP contribution < -0.4 is 16.0 Å². The number of carbonyl (C=O) groups is 1. The molecule has 0 saturated carbocycles. The van der Waals surface area contributed by atoms with Crippen LogP contribution in [-0.4, -0.2) is 21.7 Å². The Labute approximate surface area is 89.8 Å². The number of rotatable bonds is 3. The topological polar surface area (TPSA) is 84.0 Å². The number of aromatic amines is 1. The molecule has 0 atom stereocenters. The summed E-state index contributed by atoms with van der Waals surface area (Å²) < 4.78 is 3.64. The summed E-state index contributed by atoms with van der Waals surface area (Å²) in [6.45, 7) is 1.47. The van der Waals surface area contributed by atoms with Crippen LogP contribution in [0.4, 0.5) is 0 Å². The fourth-order valence-electron chi connectivity index (χ4n) is 1.04. The maximum atomic E-state index is 11.3. The first-order chi connectivity index (χ1) is 7.04. The Hall–Kier alpha value is -1.50. The second-order valence-electron chi connectivity index (χ2n) is 2.93. The van der Waals surface area contributed by atoms with E-state index in [1.807, 2.05) is 0 Å². The zero-order chi connectivity index (χ0) is 11.4. The summed E-state index contributed by atoms with van der Waals surface area (Å²) in [5.41, 5.74) is -0.616. The molecule has 1 amide bonds. The van der Waals surface area contributed by atoms with Gasteiger partial charge in [0.05, 0.1) is 0 Å². The lowest BCUT2D eigenvalue weighted by Crippen LogP contribution is -2.34. The minimum atomic E-state index is -0.582. The normalized spacial score (nSPS) is 10.0. The maximum Gasteiger partial charge on any atom is 0.328 e. The zero-order valence-electron chi connectivity index (χ0n) is 8.36. The standard InChI is InChI=1S/C8H11N3O3S/c1-5-3-11(4-6(12)10-15-2)8(14)9-7(5)13/h3H,4H2,1-2H3,(H,10,12)(H,9,13,14). The van der Waals surface area contributed by atoms with E-state index in [1.165, 1.54) is 6.20 Å². The van der Waals surface area contributed by atoms with Crippen LogP contribution in [0.1, 0.15) is 5.56 Å². The molecule has 0 unspecified atom stereocenters. The SMILES string of the molecule is CSNC(=O)Cn1cc(C)c(=O)[nH]c1=O. The molecule has 0 bridgehead atoms. The van der Waals surface area contributed by atoms with Crippen LogP contribution in [0.5, 0.6) is 0 Å².